The first-order valence-corrected chi connectivity index (χ1v) is 7.31. The van der Waals surface area contributed by atoms with Crippen LogP contribution in [0.4, 0.5) is 13.2 Å². The molecule has 0 bridgehead atoms. The largest absolute Gasteiger partial charge is 0.416 e. The molecule has 0 heterocycles. The van der Waals surface area contributed by atoms with Gasteiger partial charge in [-0.05, 0) is 56.3 Å². The van der Waals surface area contributed by atoms with E-state index in [1.807, 2.05) is 13.1 Å². The summed E-state index contributed by atoms with van der Waals surface area (Å²) in [4.78, 5) is 0. The van der Waals surface area contributed by atoms with Crippen molar-refractivity contribution in [2.45, 2.75) is 38.3 Å². The second-order valence-electron chi connectivity index (χ2n) is 5.76. The lowest BCUT2D eigenvalue weighted by molar-refractivity contribution is -0.137. The quantitative estimate of drug-likeness (QED) is 0.871. The molecule has 4 heteroatoms. The van der Waals surface area contributed by atoms with Gasteiger partial charge < -0.3 is 5.32 Å². The first-order valence-electron chi connectivity index (χ1n) is 7.31. The van der Waals surface area contributed by atoms with Crippen molar-refractivity contribution in [2.75, 3.05) is 13.6 Å². The topological polar surface area (TPSA) is 12.0 Å². The van der Waals surface area contributed by atoms with Gasteiger partial charge >= 0.3 is 6.18 Å². The summed E-state index contributed by atoms with van der Waals surface area (Å²) in [5, 5.41) is 3.21. The lowest BCUT2D eigenvalue weighted by atomic mass is 9.76. The Labute approximate surface area is 118 Å². The van der Waals surface area contributed by atoms with Crippen molar-refractivity contribution in [3.63, 3.8) is 0 Å². The fourth-order valence-corrected chi connectivity index (χ4v) is 3.26. The zero-order valence-corrected chi connectivity index (χ0v) is 11.8. The predicted octanol–water partition coefficient (Wildman–Crippen LogP) is 4.27. The molecule has 1 aromatic rings. The van der Waals surface area contributed by atoms with Crippen LogP contribution in [0, 0.1) is 11.8 Å². The van der Waals surface area contributed by atoms with E-state index < -0.39 is 11.7 Å². The predicted molar refractivity (Wildman–Crippen MR) is 74.5 cm³/mol. The van der Waals surface area contributed by atoms with Gasteiger partial charge in [-0.25, -0.2) is 0 Å². The number of nitrogens with one attached hydrogen (secondary N) is 1. The van der Waals surface area contributed by atoms with E-state index in [1.54, 1.807) is 0 Å². The number of hydrogen-bond acceptors (Lipinski definition) is 1. The van der Waals surface area contributed by atoms with E-state index in [9.17, 15) is 13.2 Å². The third-order valence-electron chi connectivity index (χ3n) is 4.29. The van der Waals surface area contributed by atoms with Crippen molar-refractivity contribution in [3.05, 3.63) is 35.4 Å². The molecule has 112 valence electrons. The summed E-state index contributed by atoms with van der Waals surface area (Å²) in [5.74, 6) is 1.09. The van der Waals surface area contributed by atoms with E-state index in [1.165, 1.54) is 31.4 Å². The molecule has 20 heavy (non-hydrogen) atoms. The standard InChI is InChI=1S/C16H22F3N/c1-20-11-14-7-3-2-6-13(14)9-12-5-4-8-15(10-12)16(17,18)19/h4-5,8,10,13-14,20H,2-3,6-7,9,11H2,1H3. The van der Waals surface area contributed by atoms with Crippen molar-refractivity contribution in [3.8, 4) is 0 Å². The van der Waals surface area contributed by atoms with E-state index >= 15 is 0 Å². The van der Waals surface area contributed by atoms with Crippen LogP contribution >= 0.6 is 0 Å². The van der Waals surface area contributed by atoms with Crippen molar-refractivity contribution in [2.24, 2.45) is 11.8 Å². The number of rotatable bonds is 4. The van der Waals surface area contributed by atoms with Crippen molar-refractivity contribution in [1.29, 1.82) is 0 Å². The van der Waals surface area contributed by atoms with E-state index in [0.717, 1.165) is 31.0 Å². The molecule has 1 aliphatic rings. The van der Waals surface area contributed by atoms with Gasteiger partial charge in [0.15, 0.2) is 0 Å². The highest BCUT2D eigenvalue weighted by atomic mass is 19.4. The fourth-order valence-electron chi connectivity index (χ4n) is 3.26. The van der Waals surface area contributed by atoms with Crippen LogP contribution in [0.15, 0.2) is 24.3 Å². The Morgan fingerprint density at radius 2 is 1.85 bits per heavy atom. The highest BCUT2D eigenvalue weighted by Gasteiger charge is 2.31. The van der Waals surface area contributed by atoms with Gasteiger partial charge in [0.1, 0.15) is 0 Å². The van der Waals surface area contributed by atoms with E-state index in [4.69, 9.17) is 0 Å². The Hall–Kier alpha value is -1.03. The third-order valence-corrected chi connectivity index (χ3v) is 4.29. The van der Waals surface area contributed by atoms with E-state index in [0.29, 0.717) is 11.8 Å². The van der Waals surface area contributed by atoms with Crippen LogP contribution in [0.2, 0.25) is 0 Å². The molecular formula is C16H22F3N. The van der Waals surface area contributed by atoms with Gasteiger partial charge in [0.2, 0.25) is 0 Å². The Kier molecular flexibility index (Phi) is 5.08. The molecule has 1 aliphatic carbocycles. The third kappa shape index (κ3) is 3.98. The van der Waals surface area contributed by atoms with Gasteiger partial charge in [0.05, 0.1) is 5.56 Å². The van der Waals surface area contributed by atoms with E-state index in [-0.39, 0.29) is 0 Å². The molecule has 1 N–H and O–H groups in total. The summed E-state index contributed by atoms with van der Waals surface area (Å²) in [7, 11) is 1.94. The average Bonchev–Trinajstić information content (AvgIpc) is 2.41. The molecule has 2 rings (SSSR count). The highest BCUT2D eigenvalue weighted by molar-refractivity contribution is 5.26. The van der Waals surface area contributed by atoms with Gasteiger partial charge in [0, 0.05) is 0 Å². The van der Waals surface area contributed by atoms with Crippen LogP contribution in [0.5, 0.6) is 0 Å². The normalized spacial score (nSPS) is 23.8. The second-order valence-corrected chi connectivity index (χ2v) is 5.76. The SMILES string of the molecule is CNCC1CCCCC1Cc1cccc(C(F)(F)F)c1. The zero-order valence-electron chi connectivity index (χ0n) is 11.8. The van der Waals surface area contributed by atoms with Crippen molar-refractivity contribution < 1.29 is 13.2 Å². The minimum Gasteiger partial charge on any atom is -0.319 e. The maximum Gasteiger partial charge on any atom is 0.416 e. The van der Waals surface area contributed by atoms with Crippen molar-refractivity contribution >= 4 is 0 Å². The van der Waals surface area contributed by atoms with Gasteiger partial charge in [0.25, 0.3) is 0 Å². The molecule has 0 amide bonds. The first-order chi connectivity index (χ1) is 9.50. The summed E-state index contributed by atoms with van der Waals surface area (Å²) in [6.07, 6.45) is 1.27. The average molecular weight is 285 g/mol. The Morgan fingerprint density at radius 3 is 2.50 bits per heavy atom. The smallest absolute Gasteiger partial charge is 0.319 e. The summed E-state index contributed by atoms with van der Waals surface area (Å²) >= 11 is 0. The molecular weight excluding hydrogens is 263 g/mol. The van der Waals surface area contributed by atoms with Gasteiger partial charge in [-0.3, -0.25) is 0 Å². The number of halogens is 3. The summed E-state index contributed by atoms with van der Waals surface area (Å²) in [5.41, 5.74) is 0.281. The number of hydrogen-bond donors (Lipinski definition) is 1. The summed E-state index contributed by atoms with van der Waals surface area (Å²) in [6, 6.07) is 5.80. The molecule has 0 aliphatic heterocycles. The van der Waals surface area contributed by atoms with Crippen LogP contribution in [-0.2, 0) is 12.6 Å². The molecule has 1 fully saturated rings. The molecule has 1 saturated carbocycles. The fraction of sp³-hybridized carbons (Fsp3) is 0.625. The Morgan fingerprint density at radius 1 is 1.15 bits per heavy atom. The van der Waals surface area contributed by atoms with Crippen LogP contribution in [0.3, 0.4) is 0 Å². The minimum absolute atomic E-state index is 0.500. The molecule has 0 saturated heterocycles. The Balaban J connectivity index is 2.08. The molecule has 2 unspecified atom stereocenters. The van der Waals surface area contributed by atoms with Crippen LogP contribution < -0.4 is 5.32 Å². The molecule has 1 aromatic carbocycles. The lowest BCUT2D eigenvalue weighted by Crippen LogP contribution is -2.30. The number of benzene rings is 1. The Bertz CT molecular complexity index is 426. The van der Waals surface area contributed by atoms with Gasteiger partial charge in [-0.2, -0.15) is 13.2 Å². The number of alkyl halides is 3. The second kappa shape index (κ2) is 6.61. The molecule has 0 spiro atoms. The van der Waals surface area contributed by atoms with Crippen LogP contribution in [0.25, 0.3) is 0 Å². The molecule has 0 radical (unpaired) electrons. The molecule has 1 nitrogen and oxygen atoms in total. The first kappa shape index (κ1) is 15.4. The van der Waals surface area contributed by atoms with Crippen LogP contribution in [-0.4, -0.2) is 13.6 Å². The van der Waals surface area contributed by atoms with Gasteiger partial charge in [-0.1, -0.05) is 31.0 Å². The monoisotopic (exact) mass is 285 g/mol. The summed E-state index contributed by atoms with van der Waals surface area (Å²) in [6.45, 7) is 0.962. The van der Waals surface area contributed by atoms with Crippen molar-refractivity contribution in [1.82, 2.24) is 5.32 Å². The van der Waals surface area contributed by atoms with Gasteiger partial charge in [-0.15, -0.1) is 0 Å². The maximum absolute atomic E-state index is 12.7. The highest BCUT2D eigenvalue weighted by Crippen LogP contribution is 2.34. The maximum atomic E-state index is 12.7. The minimum atomic E-state index is -4.24. The molecule has 2 atom stereocenters. The van der Waals surface area contributed by atoms with Crippen LogP contribution in [0.1, 0.15) is 36.8 Å². The lowest BCUT2D eigenvalue weighted by Gasteiger charge is -2.31. The summed E-state index contributed by atoms with van der Waals surface area (Å²) < 4.78 is 38.2. The van der Waals surface area contributed by atoms with E-state index in [2.05, 4.69) is 5.32 Å². The zero-order chi connectivity index (χ0) is 14.6. The molecule has 0 aromatic heterocycles.